The monoisotopic (exact) mass is 305 g/mol. The molecule has 0 aromatic carbocycles. The van der Waals surface area contributed by atoms with Crippen LogP contribution in [0.2, 0.25) is 0 Å². The van der Waals surface area contributed by atoms with Gasteiger partial charge in [0.25, 0.3) is 0 Å². The normalized spacial score (nSPS) is 18.6. The third kappa shape index (κ3) is 4.70. The first-order valence-electron chi connectivity index (χ1n) is 8.05. The van der Waals surface area contributed by atoms with Crippen molar-refractivity contribution in [3.8, 4) is 0 Å². The molecule has 122 valence electrons. The van der Waals surface area contributed by atoms with E-state index in [1.165, 1.54) is 5.56 Å². The summed E-state index contributed by atoms with van der Waals surface area (Å²) in [5, 5.41) is 6.45. The standard InChI is InChI=1S/C17H27N3O2/c1-5-13(11-19-16(21)22-17(2,3)4)20-14-9-8-12-7-6-10-18-15(12)14/h6-7,10,13-14,20H,5,8-9,11H2,1-4H3,(H,19,21). The average molecular weight is 305 g/mol. The van der Waals surface area contributed by atoms with E-state index < -0.39 is 5.60 Å². The lowest BCUT2D eigenvalue weighted by molar-refractivity contribution is 0.0521. The molecule has 2 rings (SSSR count). The van der Waals surface area contributed by atoms with Gasteiger partial charge in [-0.3, -0.25) is 4.98 Å². The summed E-state index contributed by atoms with van der Waals surface area (Å²) in [5.41, 5.74) is 2.02. The Morgan fingerprint density at radius 1 is 1.50 bits per heavy atom. The van der Waals surface area contributed by atoms with Crippen LogP contribution in [0.1, 0.15) is 57.8 Å². The van der Waals surface area contributed by atoms with Crippen molar-refractivity contribution >= 4 is 6.09 Å². The lowest BCUT2D eigenvalue weighted by Gasteiger charge is -2.24. The Balaban J connectivity index is 1.85. The predicted octanol–water partition coefficient (Wildman–Crippen LogP) is 2.96. The Labute approximate surface area is 132 Å². The summed E-state index contributed by atoms with van der Waals surface area (Å²) in [6.07, 6.45) is 4.55. The number of aromatic nitrogens is 1. The van der Waals surface area contributed by atoms with Gasteiger partial charge in [0.1, 0.15) is 5.60 Å². The van der Waals surface area contributed by atoms with Crippen molar-refractivity contribution in [3.63, 3.8) is 0 Å². The van der Waals surface area contributed by atoms with Gasteiger partial charge in [-0.1, -0.05) is 13.0 Å². The zero-order valence-corrected chi connectivity index (χ0v) is 14.0. The quantitative estimate of drug-likeness (QED) is 0.878. The number of fused-ring (bicyclic) bond motifs is 1. The maximum Gasteiger partial charge on any atom is 0.407 e. The van der Waals surface area contributed by atoms with Crippen LogP contribution in [-0.2, 0) is 11.2 Å². The summed E-state index contributed by atoms with van der Waals surface area (Å²) in [7, 11) is 0. The third-order valence-corrected chi connectivity index (χ3v) is 3.78. The summed E-state index contributed by atoms with van der Waals surface area (Å²) in [6, 6.07) is 4.62. The smallest absolute Gasteiger partial charge is 0.407 e. The molecule has 0 saturated heterocycles. The van der Waals surface area contributed by atoms with Gasteiger partial charge in [0, 0.05) is 18.8 Å². The lowest BCUT2D eigenvalue weighted by atomic mass is 10.1. The molecule has 1 amide bonds. The number of carbonyl (C=O) groups is 1. The summed E-state index contributed by atoms with van der Waals surface area (Å²) < 4.78 is 5.27. The molecule has 2 unspecified atom stereocenters. The van der Waals surface area contributed by atoms with Crippen molar-refractivity contribution in [1.82, 2.24) is 15.6 Å². The molecule has 0 aliphatic heterocycles. The minimum atomic E-state index is -0.465. The van der Waals surface area contributed by atoms with E-state index in [1.54, 1.807) is 0 Å². The Hall–Kier alpha value is -1.62. The van der Waals surface area contributed by atoms with E-state index in [2.05, 4.69) is 28.6 Å². The zero-order chi connectivity index (χ0) is 16.2. The molecule has 2 N–H and O–H groups in total. The number of alkyl carbamates (subject to hydrolysis) is 1. The van der Waals surface area contributed by atoms with Crippen molar-refractivity contribution in [3.05, 3.63) is 29.6 Å². The van der Waals surface area contributed by atoms with E-state index in [1.807, 2.05) is 33.0 Å². The number of pyridine rings is 1. The molecule has 0 bridgehead atoms. The van der Waals surface area contributed by atoms with Gasteiger partial charge < -0.3 is 15.4 Å². The highest BCUT2D eigenvalue weighted by Crippen LogP contribution is 2.29. The van der Waals surface area contributed by atoms with Crippen molar-refractivity contribution in [2.24, 2.45) is 0 Å². The topological polar surface area (TPSA) is 63.2 Å². The first-order chi connectivity index (χ1) is 10.4. The Morgan fingerprint density at radius 3 is 2.95 bits per heavy atom. The van der Waals surface area contributed by atoms with Crippen LogP contribution in [0.15, 0.2) is 18.3 Å². The lowest BCUT2D eigenvalue weighted by Crippen LogP contribution is -2.43. The molecule has 0 fully saturated rings. The largest absolute Gasteiger partial charge is 0.444 e. The molecule has 5 heteroatoms. The van der Waals surface area contributed by atoms with Crippen molar-refractivity contribution < 1.29 is 9.53 Å². The zero-order valence-electron chi connectivity index (χ0n) is 14.0. The Kier molecular flexibility index (Phi) is 5.40. The second kappa shape index (κ2) is 7.09. The van der Waals surface area contributed by atoms with Gasteiger partial charge in [-0.05, 0) is 51.7 Å². The molecular formula is C17H27N3O2. The van der Waals surface area contributed by atoms with Gasteiger partial charge in [0.15, 0.2) is 0 Å². The number of nitrogens with zero attached hydrogens (tertiary/aromatic N) is 1. The van der Waals surface area contributed by atoms with E-state index in [4.69, 9.17) is 4.74 Å². The molecule has 2 atom stereocenters. The van der Waals surface area contributed by atoms with Crippen LogP contribution in [0, 0.1) is 0 Å². The summed E-state index contributed by atoms with van der Waals surface area (Å²) in [4.78, 5) is 16.2. The number of aryl methyl sites for hydroxylation is 1. The van der Waals surface area contributed by atoms with Gasteiger partial charge >= 0.3 is 6.09 Å². The first-order valence-corrected chi connectivity index (χ1v) is 8.05. The number of hydrogen-bond acceptors (Lipinski definition) is 4. The molecule has 1 aliphatic carbocycles. The molecule has 1 heterocycles. The summed E-state index contributed by atoms with van der Waals surface area (Å²) >= 11 is 0. The van der Waals surface area contributed by atoms with Gasteiger partial charge in [0.2, 0.25) is 0 Å². The fourth-order valence-electron chi connectivity index (χ4n) is 2.70. The van der Waals surface area contributed by atoms with E-state index in [9.17, 15) is 4.79 Å². The van der Waals surface area contributed by atoms with E-state index in [0.29, 0.717) is 6.54 Å². The number of hydrogen-bond donors (Lipinski definition) is 2. The number of ether oxygens (including phenoxy) is 1. The molecule has 5 nitrogen and oxygen atoms in total. The first kappa shape index (κ1) is 16.7. The van der Waals surface area contributed by atoms with Gasteiger partial charge in [-0.25, -0.2) is 4.79 Å². The van der Waals surface area contributed by atoms with Crippen LogP contribution in [-0.4, -0.2) is 29.3 Å². The van der Waals surface area contributed by atoms with Gasteiger partial charge in [-0.2, -0.15) is 0 Å². The summed E-state index contributed by atoms with van der Waals surface area (Å²) in [6.45, 7) is 8.27. The molecule has 1 aliphatic rings. The molecule has 22 heavy (non-hydrogen) atoms. The highest BCUT2D eigenvalue weighted by atomic mass is 16.6. The number of nitrogens with one attached hydrogen (secondary N) is 2. The van der Waals surface area contributed by atoms with E-state index in [0.717, 1.165) is 25.0 Å². The highest BCUT2D eigenvalue weighted by Gasteiger charge is 2.25. The van der Waals surface area contributed by atoms with Crippen LogP contribution in [0.3, 0.4) is 0 Å². The maximum absolute atomic E-state index is 11.7. The van der Waals surface area contributed by atoms with Crippen LogP contribution in [0.25, 0.3) is 0 Å². The number of amides is 1. The molecule has 1 aromatic heterocycles. The fourth-order valence-corrected chi connectivity index (χ4v) is 2.70. The van der Waals surface area contributed by atoms with Crippen molar-refractivity contribution in [2.45, 2.75) is 64.6 Å². The SMILES string of the molecule is CCC(CNC(=O)OC(C)(C)C)NC1CCc2cccnc21. The molecule has 0 saturated carbocycles. The molecular weight excluding hydrogens is 278 g/mol. The van der Waals surface area contributed by atoms with Crippen LogP contribution in [0.5, 0.6) is 0 Å². The molecule has 0 radical (unpaired) electrons. The number of carbonyl (C=O) groups excluding carboxylic acids is 1. The second-order valence-electron chi connectivity index (χ2n) is 6.79. The number of rotatable bonds is 5. The van der Waals surface area contributed by atoms with E-state index in [-0.39, 0.29) is 18.2 Å². The van der Waals surface area contributed by atoms with Crippen LogP contribution < -0.4 is 10.6 Å². The Morgan fingerprint density at radius 2 is 2.27 bits per heavy atom. The second-order valence-corrected chi connectivity index (χ2v) is 6.79. The highest BCUT2D eigenvalue weighted by molar-refractivity contribution is 5.67. The summed E-state index contributed by atoms with van der Waals surface area (Å²) in [5.74, 6) is 0. The van der Waals surface area contributed by atoms with Gasteiger partial charge in [-0.15, -0.1) is 0 Å². The molecule has 1 aromatic rings. The average Bonchev–Trinajstić information content (AvgIpc) is 2.85. The van der Waals surface area contributed by atoms with Crippen molar-refractivity contribution in [2.75, 3.05) is 6.54 Å². The minimum Gasteiger partial charge on any atom is -0.444 e. The third-order valence-electron chi connectivity index (χ3n) is 3.78. The van der Waals surface area contributed by atoms with Gasteiger partial charge in [0.05, 0.1) is 11.7 Å². The van der Waals surface area contributed by atoms with Crippen LogP contribution >= 0.6 is 0 Å². The molecule has 0 spiro atoms. The maximum atomic E-state index is 11.7. The van der Waals surface area contributed by atoms with E-state index >= 15 is 0 Å². The Bertz CT molecular complexity index is 511. The predicted molar refractivity (Wildman–Crippen MR) is 86.8 cm³/mol. The van der Waals surface area contributed by atoms with Crippen LogP contribution in [0.4, 0.5) is 4.79 Å². The minimum absolute atomic E-state index is 0.213. The van der Waals surface area contributed by atoms with Crippen molar-refractivity contribution in [1.29, 1.82) is 0 Å². The fraction of sp³-hybridized carbons (Fsp3) is 0.647.